The summed E-state index contributed by atoms with van der Waals surface area (Å²) >= 11 is 0. The van der Waals surface area contributed by atoms with Gasteiger partial charge in [0, 0.05) is 15.5 Å². The van der Waals surface area contributed by atoms with E-state index in [1.807, 2.05) is 6.66 Å². The van der Waals surface area contributed by atoms with Crippen LogP contribution in [0.15, 0.2) is 0 Å². The first-order valence-electron chi connectivity index (χ1n) is 4.74. The summed E-state index contributed by atoms with van der Waals surface area (Å²) in [5.74, 6) is 0. The first kappa shape index (κ1) is 14.1. The molecule has 1 rings (SSSR count). The molecule has 1 unspecified atom stereocenters. The van der Waals surface area contributed by atoms with E-state index in [1.54, 1.807) is 0 Å². The van der Waals surface area contributed by atoms with E-state index in [0.29, 0.717) is 21.9 Å². The Balaban J connectivity index is 2.58. The van der Waals surface area contributed by atoms with Gasteiger partial charge in [0.05, 0.1) is 25.2 Å². The third-order valence-corrected chi connectivity index (χ3v) is 3.82. The van der Waals surface area contributed by atoms with Crippen molar-refractivity contribution in [3.8, 4) is 0 Å². The van der Waals surface area contributed by atoms with Gasteiger partial charge >= 0.3 is 7.60 Å². The average molecular weight is 270 g/mol. The Labute approximate surface area is 96.4 Å². The Morgan fingerprint density at radius 1 is 1.44 bits per heavy atom. The number of carbonyl (C=O) groups is 1. The third-order valence-electron chi connectivity index (χ3n) is 2.19. The molecule has 0 bridgehead atoms. The van der Waals surface area contributed by atoms with Gasteiger partial charge in [0.15, 0.2) is 0 Å². The summed E-state index contributed by atoms with van der Waals surface area (Å²) in [4.78, 5) is 10.2. The molecule has 8 heteroatoms. The molecule has 0 aliphatic carbocycles. The van der Waals surface area contributed by atoms with Crippen LogP contribution in [0.4, 0.5) is 0 Å². The Bertz CT molecular complexity index is 270. The monoisotopic (exact) mass is 270 g/mol. The molecule has 0 N–H and O–H groups in total. The van der Waals surface area contributed by atoms with Gasteiger partial charge in [-0.1, -0.05) is 0 Å². The van der Waals surface area contributed by atoms with Crippen molar-refractivity contribution in [1.29, 1.82) is 0 Å². The van der Waals surface area contributed by atoms with Crippen LogP contribution >= 0.6 is 16.4 Å². The normalized spacial score (nSPS) is 35.4. The quantitative estimate of drug-likeness (QED) is 0.534. The SMILES string of the molecule is CPOCC1(COC=O)COP(C)(=O)OC1. The van der Waals surface area contributed by atoms with Crippen molar-refractivity contribution in [2.75, 3.05) is 39.8 Å². The topological polar surface area (TPSA) is 71.1 Å². The van der Waals surface area contributed by atoms with Crippen molar-refractivity contribution < 1.29 is 27.7 Å². The second-order valence-electron chi connectivity index (χ2n) is 3.72. The minimum Gasteiger partial charge on any atom is -0.467 e. The summed E-state index contributed by atoms with van der Waals surface area (Å²) in [6.45, 7) is 4.59. The number of ether oxygens (including phenoxy) is 1. The molecule has 0 aromatic rings. The van der Waals surface area contributed by atoms with Crippen molar-refractivity contribution >= 4 is 22.9 Å². The van der Waals surface area contributed by atoms with Gasteiger partial charge in [-0.15, -0.1) is 0 Å². The minimum atomic E-state index is -2.93. The molecule has 0 amide bonds. The average Bonchev–Trinajstić information content (AvgIpc) is 2.27. The van der Waals surface area contributed by atoms with Gasteiger partial charge in [0.25, 0.3) is 6.47 Å². The van der Waals surface area contributed by atoms with Gasteiger partial charge in [-0.05, 0) is 6.66 Å². The lowest BCUT2D eigenvalue weighted by Crippen LogP contribution is -2.43. The molecule has 1 saturated heterocycles. The maximum absolute atomic E-state index is 11.5. The van der Waals surface area contributed by atoms with Gasteiger partial charge < -0.3 is 18.3 Å². The van der Waals surface area contributed by atoms with E-state index in [-0.39, 0.29) is 19.8 Å². The largest absolute Gasteiger partial charge is 0.467 e. The van der Waals surface area contributed by atoms with Crippen LogP contribution < -0.4 is 0 Å². The van der Waals surface area contributed by atoms with E-state index in [9.17, 15) is 9.36 Å². The summed E-state index contributed by atoms with van der Waals surface area (Å²) in [5.41, 5.74) is -0.548. The van der Waals surface area contributed by atoms with Crippen molar-refractivity contribution in [2.45, 2.75) is 0 Å². The molecule has 16 heavy (non-hydrogen) atoms. The summed E-state index contributed by atoms with van der Waals surface area (Å²) < 4.78 is 31.8. The smallest absolute Gasteiger partial charge is 0.327 e. The standard InChI is InChI=1S/C8H16O6P2/c1-15-12-4-8(3-11-7-9)5-13-16(2,10)14-6-8/h7,15H,3-6H2,1-2H3. The molecule has 0 aromatic carbocycles. The van der Waals surface area contributed by atoms with Crippen molar-refractivity contribution in [3.63, 3.8) is 0 Å². The number of carbonyl (C=O) groups excluding carboxylic acids is 1. The number of hydrogen-bond acceptors (Lipinski definition) is 6. The van der Waals surface area contributed by atoms with Crippen molar-refractivity contribution in [3.05, 3.63) is 0 Å². The van der Waals surface area contributed by atoms with Crippen LogP contribution in [-0.4, -0.2) is 46.2 Å². The van der Waals surface area contributed by atoms with Gasteiger partial charge in [0.1, 0.15) is 6.61 Å². The van der Waals surface area contributed by atoms with Gasteiger partial charge in [-0.3, -0.25) is 9.36 Å². The van der Waals surface area contributed by atoms with Gasteiger partial charge in [-0.2, -0.15) is 0 Å². The molecule has 6 nitrogen and oxygen atoms in total. The summed E-state index contributed by atoms with van der Waals surface area (Å²) in [5, 5.41) is 0. The predicted molar refractivity (Wildman–Crippen MR) is 60.1 cm³/mol. The Morgan fingerprint density at radius 3 is 2.56 bits per heavy atom. The second-order valence-corrected chi connectivity index (χ2v) is 6.47. The van der Waals surface area contributed by atoms with E-state index in [4.69, 9.17) is 18.3 Å². The van der Waals surface area contributed by atoms with E-state index >= 15 is 0 Å². The predicted octanol–water partition coefficient (Wildman–Crippen LogP) is 1.26. The van der Waals surface area contributed by atoms with E-state index in [1.165, 1.54) is 6.66 Å². The lowest BCUT2D eigenvalue weighted by Gasteiger charge is -2.37. The molecule has 1 aliphatic rings. The van der Waals surface area contributed by atoms with E-state index in [2.05, 4.69) is 0 Å². The zero-order valence-electron chi connectivity index (χ0n) is 9.30. The van der Waals surface area contributed by atoms with Crippen LogP contribution in [-0.2, 0) is 27.7 Å². The molecule has 1 atom stereocenters. The molecule has 0 saturated carbocycles. The third kappa shape index (κ3) is 4.11. The lowest BCUT2D eigenvalue weighted by molar-refractivity contribution is -0.136. The molecule has 1 aliphatic heterocycles. The Morgan fingerprint density at radius 2 is 2.06 bits per heavy atom. The zero-order chi connectivity index (χ0) is 12.1. The fraction of sp³-hybridized carbons (Fsp3) is 0.875. The molecule has 94 valence electrons. The fourth-order valence-corrected chi connectivity index (χ4v) is 2.77. The molecule has 1 fully saturated rings. The van der Waals surface area contributed by atoms with Crippen LogP contribution in [0.2, 0.25) is 0 Å². The number of rotatable bonds is 6. The Hall–Kier alpha value is 0.01000. The van der Waals surface area contributed by atoms with Gasteiger partial charge in [-0.25, -0.2) is 0 Å². The highest BCUT2D eigenvalue weighted by atomic mass is 31.2. The molecule has 0 radical (unpaired) electrons. The van der Waals surface area contributed by atoms with Crippen LogP contribution in [0.25, 0.3) is 0 Å². The molecule has 1 heterocycles. The summed E-state index contributed by atoms with van der Waals surface area (Å²) in [6, 6.07) is 0. The fourth-order valence-electron chi connectivity index (χ4n) is 1.23. The van der Waals surface area contributed by atoms with Crippen LogP contribution in [0.5, 0.6) is 0 Å². The highest BCUT2D eigenvalue weighted by molar-refractivity contribution is 7.53. The lowest BCUT2D eigenvalue weighted by atomic mass is 9.93. The molecule has 0 aromatic heterocycles. The minimum absolute atomic E-state index is 0.140. The molecular formula is C8H16O6P2. The first-order chi connectivity index (χ1) is 7.54. The van der Waals surface area contributed by atoms with Crippen LogP contribution in [0.3, 0.4) is 0 Å². The van der Waals surface area contributed by atoms with Gasteiger partial charge in [0.2, 0.25) is 0 Å². The Kier molecular flexibility index (Phi) is 5.35. The number of hydrogen-bond donors (Lipinski definition) is 0. The van der Waals surface area contributed by atoms with E-state index < -0.39 is 13.0 Å². The highest BCUT2D eigenvalue weighted by Crippen LogP contribution is 2.50. The maximum Gasteiger partial charge on any atom is 0.327 e. The second kappa shape index (κ2) is 6.08. The zero-order valence-corrected chi connectivity index (χ0v) is 11.2. The van der Waals surface area contributed by atoms with Crippen LogP contribution in [0, 0.1) is 5.41 Å². The van der Waals surface area contributed by atoms with Crippen molar-refractivity contribution in [2.24, 2.45) is 5.41 Å². The molecule has 0 spiro atoms. The molecular weight excluding hydrogens is 254 g/mol. The highest BCUT2D eigenvalue weighted by Gasteiger charge is 2.41. The first-order valence-corrected chi connectivity index (χ1v) is 8.14. The van der Waals surface area contributed by atoms with E-state index in [0.717, 1.165) is 0 Å². The van der Waals surface area contributed by atoms with Crippen molar-refractivity contribution in [1.82, 2.24) is 0 Å². The maximum atomic E-state index is 11.5. The summed E-state index contributed by atoms with van der Waals surface area (Å²) in [6.07, 6.45) is 0. The summed E-state index contributed by atoms with van der Waals surface area (Å²) in [7, 11) is -2.60. The van der Waals surface area contributed by atoms with Crippen LogP contribution in [0.1, 0.15) is 0 Å².